The molecule has 0 spiro atoms. The van der Waals surface area contributed by atoms with Gasteiger partial charge in [-0.15, -0.1) is 11.3 Å². The highest BCUT2D eigenvalue weighted by atomic mass is 32.1. The van der Waals surface area contributed by atoms with Crippen LogP contribution in [0.2, 0.25) is 0 Å². The maximum Gasteiger partial charge on any atom is 0.138 e. The van der Waals surface area contributed by atoms with E-state index in [1.54, 1.807) is 17.7 Å². The molecule has 2 heterocycles. The normalized spacial score (nSPS) is 19.6. The average Bonchev–Trinajstić information content (AvgIpc) is 3.07. The lowest BCUT2D eigenvalue weighted by molar-refractivity contribution is 0.164. The van der Waals surface area contributed by atoms with E-state index in [1.165, 1.54) is 28.7 Å². The molecule has 2 N–H and O–H groups in total. The summed E-state index contributed by atoms with van der Waals surface area (Å²) in [5.41, 5.74) is 1.43. The number of anilines is 1. The average molecular weight is 275 g/mol. The van der Waals surface area contributed by atoms with Gasteiger partial charge >= 0.3 is 0 Å². The molecule has 1 fully saturated rings. The van der Waals surface area contributed by atoms with Gasteiger partial charge in [-0.05, 0) is 43.6 Å². The monoisotopic (exact) mass is 275 g/mol. The van der Waals surface area contributed by atoms with Crippen LogP contribution in [0.25, 0.3) is 10.2 Å². The lowest BCUT2D eigenvalue weighted by atomic mass is 10.2. The van der Waals surface area contributed by atoms with E-state index < -0.39 is 0 Å². The molecule has 2 aromatic rings. The number of aliphatic hydroxyl groups excluding tert-OH is 1. The summed E-state index contributed by atoms with van der Waals surface area (Å²) in [7, 11) is 0. The minimum Gasteiger partial charge on any atom is -0.391 e. The number of fused-ring (bicyclic) bond motifs is 3. The van der Waals surface area contributed by atoms with Crippen molar-refractivity contribution in [2.75, 3.05) is 11.9 Å². The largest absolute Gasteiger partial charge is 0.391 e. The van der Waals surface area contributed by atoms with Gasteiger partial charge in [0.05, 0.1) is 11.5 Å². The van der Waals surface area contributed by atoms with E-state index in [0.717, 1.165) is 29.9 Å². The second-order valence-electron chi connectivity index (χ2n) is 5.55. The number of hydrogen-bond donors (Lipinski definition) is 2. The van der Waals surface area contributed by atoms with Crippen LogP contribution in [0.1, 0.15) is 29.7 Å². The van der Waals surface area contributed by atoms with Crippen LogP contribution in [0, 0.1) is 5.92 Å². The maximum atomic E-state index is 9.96. The summed E-state index contributed by atoms with van der Waals surface area (Å²) >= 11 is 1.80. The fraction of sp³-hybridized carbons (Fsp3) is 0.571. The Morgan fingerprint density at radius 1 is 1.37 bits per heavy atom. The van der Waals surface area contributed by atoms with E-state index >= 15 is 0 Å². The lowest BCUT2D eigenvalue weighted by Crippen LogP contribution is -2.21. The second-order valence-corrected chi connectivity index (χ2v) is 6.63. The van der Waals surface area contributed by atoms with Crippen LogP contribution in [0.15, 0.2) is 6.33 Å². The Bertz CT molecular complexity index is 620. The molecule has 4 rings (SSSR count). The molecule has 0 aromatic carbocycles. The summed E-state index contributed by atoms with van der Waals surface area (Å²) in [4.78, 5) is 11.3. The van der Waals surface area contributed by atoms with Crippen LogP contribution in [0.4, 0.5) is 5.82 Å². The van der Waals surface area contributed by atoms with Crippen molar-refractivity contribution < 1.29 is 5.11 Å². The molecular weight excluding hydrogens is 258 g/mol. The highest BCUT2D eigenvalue weighted by Gasteiger charge is 2.29. The summed E-state index contributed by atoms with van der Waals surface area (Å²) in [5.74, 6) is 1.40. The number of aromatic nitrogens is 2. The SMILES string of the molecule is O[C@@H](CNc1ncnc2sc3c(c12)CCC3)C1CC1. The van der Waals surface area contributed by atoms with E-state index in [1.807, 2.05) is 0 Å². The van der Waals surface area contributed by atoms with Crippen molar-refractivity contribution >= 4 is 27.4 Å². The van der Waals surface area contributed by atoms with Crippen LogP contribution < -0.4 is 5.32 Å². The minimum atomic E-state index is -0.239. The van der Waals surface area contributed by atoms with Crippen LogP contribution in [-0.2, 0) is 12.8 Å². The summed E-state index contributed by atoms with van der Waals surface area (Å²) in [6, 6.07) is 0. The van der Waals surface area contributed by atoms with E-state index in [2.05, 4.69) is 15.3 Å². The number of hydrogen-bond acceptors (Lipinski definition) is 5. The highest BCUT2D eigenvalue weighted by Crippen LogP contribution is 2.39. The molecule has 0 amide bonds. The van der Waals surface area contributed by atoms with Crippen LogP contribution >= 0.6 is 11.3 Å². The van der Waals surface area contributed by atoms with Gasteiger partial charge in [-0.1, -0.05) is 0 Å². The molecule has 100 valence electrons. The molecular formula is C14H17N3OS. The molecule has 0 radical (unpaired) electrons. The summed E-state index contributed by atoms with van der Waals surface area (Å²) < 4.78 is 0. The van der Waals surface area contributed by atoms with Gasteiger partial charge in [0.1, 0.15) is 17.0 Å². The first-order valence-electron chi connectivity index (χ1n) is 7.00. The third-order valence-corrected chi connectivity index (χ3v) is 5.35. The third kappa shape index (κ3) is 2.01. The van der Waals surface area contributed by atoms with Crippen molar-refractivity contribution in [2.45, 2.75) is 38.2 Å². The van der Waals surface area contributed by atoms with Gasteiger partial charge < -0.3 is 10.4 Å². The Labute approximate surface area is 115 Å². The predicted octanol–water partition coefficient (Wildman–Crippen LogP) is 2.36. The molecule has 2 aromatic heterocycles. The van der Waals surface area contributed by atoms with Crippen molar-refractivity contribution in [1.82, 2.24) is 9.97 Å². The van der Waals surface area contributed by atoms with Crippen LogP contribution in [0.5, 0.6) is 0 Å². The molecule has 2 aliphatic rings. The molecule has 19 heavy (non-hydrogen) atoms. The number of rotatable bonds is 4. The third-order valence-electron chi connectivity index (χ3n) is 4.15. The van der Waals surface area contributed by atoms with Gasteiger partial charge in [-0.2, -0.15) is 0 Å². The van der Waals surface area contributed by atoms with Gasteiger partial charge in [-0.3, -0.25) is 0 Å². The van der Waals surface area contributed by atoms with Gasteiger partial charge in [0.15, 0.2) is 0 Å². The summed E-state index contributed by atoms with van der Waals surface area (Å²) in [6.07, 6.45) is 7.28. The lowest BCUT2D eigenvalue weighted by Gasteiger charge is -2.12. The zero-order valence-corrected chi connectivity index (χ0v) is 11.5. The predicted molar refractivity (Wildman–Crippen MR) is 76.7 cm³/mol. The number of nitrogens with zero attached hydrogens (tertiary/aromatic N) is 2. The molecule has 5 heteroatoms. The molecule has 0 unspecified atom stereocenters. The van der Waals surface area contributed by atoms with E-state index in [0.29, 0.717) is 12.5 Å². The topological polar surface area (TPSA) is 58.0 Å². The number of thiophene rings is 1. The van der Waals surface area contributed by atoms with Gasteiger partial charge in [-0.25, -0.2) is 9.97 Å². The zero-order chi connectivity index (χ0) is 12.8. The zero-order valence-electron chi connectivity index (χ0n) is 10.7. The van der Waals surface area contributed by atoms with Crippen LogP contribution in [-0.4, -0.2) is 27.7 Å². The standard InChI is InChI=1S/C14H17N3OS/c18-10(8-4-5-8)6-15-13-12-9-2-1-3-11(9)19-14(12)17-7-16-13/h7-8,10,18H,1-6H2,(H,15,16,17)/t10-/m0/s1. The first-order chi connectivity index (χ1) is 9.33. The first kappa shape index (κ1) is 11.6. The number of aliphatic hydroxyl groups is 1. The Kier molecular flexibility index (Phi) is 2.70. The molecule has 4 nitrogen and oxygen atoms in total. The fourth-order valence-electron chi connectivity index (χ4n) is 2.91. The van der Waals surface area contributed by atoms with Gasteiger partial charge in [0.2, 0.25) is 0 Å². The summed E-state index contributed by atoms with van der Waals surface area (Å²) in [5, 5.41) is 14.5. The molecule has 0 aliphatic heterocycles. The molecule has 1 saturated carbocycles. The van der Waals surface area contributed by atoms with E-state index in [4.69, 9.17) is 0 Å². The van der Waals surface area contributed by atoms with Gasteiger partial charge in [0.25, 0.3) is 0 Å². The Morgan fingerprint density at radius 3 is 3.11 bits per heavy atom. The second kappa shape index (κ2) is 4.42. The van der Waals surface area contributed by atoms with Crippen molar-refractivity contribution in [3.05, 3.63) is 16.8 Å². The molecule has 2 aliphatic carbocycles. The summed E-state index contributed by atoms with van der Waals surface area (Å²) in [6.45, 7) is 0.599. The molecule has 0 bridgehead atoms. The van der Waals surface area contributed by atoms with E-state index in [-0.39, 0.29) is 6.10 Å². The van der Waals surface area contributed by atoms with Gasteiger partial charge in [0, 0.05) is 11.4 Å². The maximum absolute atomic E-state index is 9.96. The highest BCUT2D eigenvalue weighted by molar-refractivity contribution is 7.19. The van der Waals surface area contributed by atoms with E-state index in [9.17, 15) is 5.11 Å². The Hall–Kier alpha value is -1.20. The quantitative estimate of drug-likeness (QED) is 0.899. The van der Waals surface area contributed by atoms with Crippen molar-refractivity contribution in [3.8, 4) is 0 Å². The van der Waals surface area contributed by atoms with Crippen LogP contribution in [0.3, 0.4) is 0 Å². The molecule has 1 atom stereocenters. The fourth-order valence-corrected chi connectivity index (χ4v) is 4.14. The smallest absolute Gasteiger partial charge is 0.138 e. The Morgan fingerprint density at radius 2 is 2.26 bits per heavy atom. The Balaban J connectivity index is 1.65. The number of nitrogens with one attached hydrogen (secondary N) is 1. The first-order valence-corrected chi connectivity index (χ1v) is 7.82. The number of aryl methyl sites for hydroxylation is 2. The van der Waals surface area contributed by atoms with Crippen molar-refractivity contribution in [1.29, 1.82) is 0 Å². The minimum absolute atomic E-state index is 0.239. The van der Waals surface area contributed by atoms with Crippen molar-refractivity contribution in [2.24, 2.45) is 5.92 Å². The molecule has 0 saturated heterocycles. The van der Waals surface area contributed by atoms with Crippen molar-refractivity contribution in [3.63, 3.8) is 0 Å².